The molecular weight excluding hydrogens is 427 g/mol. The molecule has 0 radical (unpaired) electrons. The van der Waals surface area contributed by atoms with Gasteiger partial charge in [-0.25, -0.2) is 0 Å². The maximum Gasteiger partial charge on any atom is 0.200 e. The summed E-state index contributed by atoms with van der Waals surface area (Å²) >= 11 is 13.1. The largest absolute Gasteiger partial charge is 0.497 e. The van der Waals surface area contributed by atoms with Crippen LogP contribution in [0.3, 0.4) is 0 Å². The Kier molecular flexibility index (Phi) is 4.81. The molecule has 2 unspecified atom stereocenters. The maximum atomic E-state index is 10.1. The first-order valence-electron chi connectivity index (χ1n) is 8.27. The Morgan fingerprint density at radius 3 is 2.46 bits per heavy atom. The number of hydrogen-bond acceptors (Lipinski definition) is 7. The van der Waals surface area contributed by atoms with E-state index < -0.39 is 15.6 Å². The van der Waals surface area contributed by atoms with E-state index in [0.717, 1.165) is 10.7 Å². The number of para-hydroxylation sites is 1. The minimum atomic E-state index is -2.53. The number of ether oxygens (including phenoxy) is 1. The summed E-state index contributed by atoms with van der Waals surface area (Å²) in [5, 5.41) is 17.4. The lowest BCUT2D eigenvalue weighted by atomic mass is 10.0. The van der Waals surface area contributed by atoms with Crippen LogP contribution in [0.4, 0.5) is 0 Å². The molecule has 4 rings (SSSR count). The van der Waals surface area contributed by atoms with E-state index in [0.29, 0.717) is 21.4 Å². The second kappa shape index (κ2) is 7.03. The van der Waals surface area contributed by atoms with E-state index in [1.54, 1.807) is 25.5 Å². The molecule has 4 nitrogen and oxygen atoms in total. The number of hydrogen-bond donors (Lipinski definition) is 0. The average molecular weight is 441 g/mol. The van der Waals surface area contributed by atoms with Crippen LogP contribution in [-0.4, -0.2) is 12.3 Å². The Morgan fingerprint density at radius 1 is 1.14 bits per heavy atom. The number of nitrogens with zero attached hydrogens (tertiary/aromatic N) is 2. The number of nitriles is 2. The first-order chi connectivity index (χ1) is 13.5. The van der Waals surface area contributed by atoms with Gasteiger partial charge in [-0.2, -0.15) is 10.5 Å². The highest BCUT2D eigenvalue weighted by molar-refractivity contribution is 8.76. The van der Waals surface area contributed by atoms with E-state index in [9.17, 15) is 10.5 Å². The summed E-state index contributed by atoms with van der Waals surface area (Å²) < 4.78 is 11.5. The third-order valence-corrected chi connectivity index (χ3v) is 14.2. The van der Waals surface area contributed by atoms with Crippen LogP contribution in [0.15, 0.2) is 59.2 Å². The molecular formula is C20H13N2O2PS3. The number of fused-ring (bicyclic) bond motifs is 1. The Balaban J connectivity index is 1.84. The number of rotatable bonds is 3. The van der Waals surface area contributed by atoms with Crippen LogP contribution in [-0.2, 0) is 11.8 Å². The van der Waals surface area contributed by atoms with Crippen LogP contribution in [0, 0.1) is 27.2 Å². The summed E-state index contributed by atoms with van der Waals surface area (Å²) in [7, 11) is 1.59. The topological polar surface area (TPSA) is 69.9 Å². The molecule has 1 aliphatic rings. The molecule has 3 aromatic rings. The summed E-state index contributed by atoms with van der Waals surface area (Å²) in [6, 6.07) is 19.3. The van der Waals surface area contributed by atoms with Crippen LogP contribution < -0.4 is 10.0 Å². The zero-order valence-corrected chi connectivity index (χ0v) is 18.0. The molecule has 138 valence electrons. The van der Waals surface area contributed by atoms with Gasteiger partial charge in [0.2, 0.25) is 0 Å². The molecule has 2 atom stereocenters. The fourth-order valence-corrected chi connectivity index (χ4v) is 11.8. The molecule has 8 heteroatoms. The van der Waals surface area contributed by atoms with Gasteiger partial charge in [0.05, 0.1) is 40.5 Å². The van der Waals surface area contributed by atoms with Gasteiger partial charge in [-0.1, -0.05) is 36.2 Å². The van der Waals surface area contributed by atoms with Crippen molar-refractivity contribution in [1.82, 2.24) is 0 Å². The quantitative estimate of drug-likeness (QED) is 0.395. The van der Waals surface area contributed by atoms with Crippen LogP contribution in [0.25, 0.3) is 11.0 Å². The van der Waals surface area contributed by atoms with Crippen molar-refractivity contribution in [2.45, 2.75) is 10.4 Å². The number of methoxy groups -OCH3 is 1. The van der Waals surface area contributed by atoms with Gasteiger partial charge in [0.15, 0.2) is 5.16 Å². The molecule has 1 fully saturated rings. The fourth-order valence-electron chi connectivity index (χ4n) is 3.29. The third kappa shape index (κ3) is 2.55. The third-order valence-electron chi connectivity index (χ3n) is 4.84. The molecule has 0 bridgehead atoms. The van der Waals surface area contributed by atoms with Gasteiger partial charge in [-0.15, -0.1) is 11.4 Å². The summed E-state index contributed by atoms with van der Waals surface area (Å²) in [6.07, 6.45) is 1.57. The van der Waals surface area contributed by atoms with Crippen molar-refractivity contribution in [2.24, 2.45) is 0 Å². The van der Waals surface area contributed by atoms with Crippen LogP contribution >= 0.6 is 28.8 Å². The fraction of sp³-hybridized carbons (Fsp3) is 0.150. The molecule has 28 heavy (non-hydrogen) atoms. The van der Waals surface area contributed by atoms with Crippen molar-refractivity contribution < 1.29 is 9.15 Å². The van der Waals surface area contributed by atoms with Crippen molar-refractivity contribution in [3.05, 3.63) is 64.9 Å². The lowest BCUT2D eigenvalue weighted by Gasteiger charge is -2.49. The normalized spacial score (nSPS) is 22.6. The molecule has 0 spiro atoms. The Morgan fingerprint density at radius 2 is 1.82 bits per heavy atom. The van der Waals surface area contributed by atoms with Crippen molar-refractivity contribution in [3.63, 3.8) is 0 Å². The molecule has 1 aliphatic heterocycles. The lowest BCUT2D eigenvalue weighted by molar-refractivity contribution is 0.415. The van der Waals surface area contributed by atoms with E-state index in [2.05, 4.69) is 12.1 Å². The first kappa shape index (κ1) is 19.2. The Bertz CT molecular complexity index is 1260. The molecule has 2 aromatic carbocycles. The molecule has 2 heterocycles. The smallest absolute Gasteiger partial charge is 0.200 e. The standard InChI is InChI=1S/C20H13N2O2PS3/c1-23-13-6-8-14(9-7-13)25(27)20(11-21,12-22)19(28-25)16-10-24-17-5-3-2-4-15(17)18(16)26/h2-10,19H,1H3. The van der Waals surface area contributed by atoms with Gasteiger partial charge >= 0.3 is 0 Å². The SMILES string of the molecule is COc1ccc(P2(=S)SC(c3coc4ccccc4c3=S)C2(C#N)C#N)cc1. The monoisotopic (exact) mass is 440 g/mol. The van der Waals surface area contributed by atoms with Crippen LogP contribution in [0.1, 0.15) is 10.8 Å². The van der Waals surface area contributed by atoms with Gasteiger partial charge in [0.1, 0.15) is 11.3 Å². The second-order valence-corrected chi connectivity index (χ2v) is 14.3. The van der Waals surface area contributed by atoms with E-state index in [1.165, 1.54) is 11.4 Å². The van der Waals surface area contributed by atoms with Gasteiger partial charge in [-0.3, -0.25) is 0 Å². The predicted octanol–water partition coefficient (Wildman–Crippen LogP) is 5.46. The minimum absolute atomic E-state index is 0.448. The average Bonchev–Trinajstić information content (AvgIpc) is 2.74. The van der Waals surface area contributed by atoms with Crippen molar-refractivity contribution >= 4 is 56.9 Å². The van der Waals surface area contributed by atoms with Gasteiger partial charge in [0, 0.05) is 10.9 Å². The van der Waals surface area contributed by atoms with E-state index in [1.807, 2.05) is 36.4 Å². The summed E-state index contributed by atoms with van der Waals surface area (Å²) in [5.74, 6) is 0.702. The van der Waals surface area contributed by atoms with Crippen molar-refractivity contribution in [3.8, 4) is 17.9 Å². The summed E-state index contributed by atoms with van der Waals surface area (Å²) in [4.78, 5) is 0. The molecule has 0 aliphatic carbocycles. The van der Waals surface area contributed by atoms with Crippen molar-refractivity contribution in [1.29, 1.82) is 10.5 Å². The predicted molar refractivity (Wildman–Crippen MR) is 118 cm³/mol. The number of benzene rings is 2. The minimum Gasteiger partial charge on any atom is -0.497 e. The highest BCUT2D eigenvalue weighted by atomic mass is 32.9. The molecule has 1 aromatic heterocycles. The Hall–Kier alpha value is -2.15. The van der Waals surface area contributed by atoms with E-state index in [-0.39, 0.29) is 0 Å². The van der Waals surface area contributed by atoms with E-state index in [4.69, 9.17) is 33.2 Å². The van der Waals surface area contributed by atoms with Gasteiger partial charge in [0.25, 0.3) is 0 Å². The lowest BCUT2D eigenvalue weighted by Crippen LogP contribution is -2.42. The molecule has 0 amide bonds. The molecule has 0 N–H and O–H groups in total. The first-order valence-corrected chi connectivity index (χ1v) is 13.0. The van der Waals surface area contributed by atoms with E-state index >= 15 is 0 Å². The van der Waals surface area contributed by atoms with Crippen LogP contribution in [0.5, 0.6) is 5.75 Å². The summed E-state index contributed by atoms with van der Waals surface area (Å²) in [6.45, 7) is 0. The van der Waals surface area contributed by atoms with Gasteiger partial charge < -0.3 is 9.15 Å². The summed E-state index contributed by atoms with van der Waals surface area (Å²) in [5.41, 5.74) is 1.35. The van der Waals surface area contributed by atoms with Crippen molar-refractivity contribution in [2.75, 3.05) is 7.11 Å². The maximum absolute atomic E-state index is 10.1. The molecule has 0 saturated carbocycles. The highest BCUT2D eigenvalue weighted by Gasteiger charge is 2.64. The highest BCUT2D eigenvalue weighted by Crippen LogP contribution is 2.85. The van der Waals surface area contributed by atoms with Crippen LogP contribution in [0.2, 0.25) is 0 Å². The molecule has 1 saturated heterocycles. The van der Waals surface area contributed by atoms with Gasteiger partial charge in [-0.05, 0) is 41.7 Å². The zero-order valence-electron chi connectivity index (χ0n) is 14.7. The zero-order chi connectivity index (χ0) is 19.9. The Labute approximate surface area is 176 Å². The second-order valence-electron chi connectivity index (χ2n) is 6.24.